The van der Waals surface area contributed by atoms with Gasteiger partial charge in [0, 0.05) is 32.8 Å². The molecule has 5 heteroatoms. The maximum absolute atomic E-state index is 5.63. The van der Waals surface area contributed by atoms with Gasteiger partial charge in [0.2, 0.25) is 5.95 Å². The third-order valence-electron chi connectivity index (χ3n) is 11.8. The lowest BCUT2D eigenvalue weighted by Gasteiger charge is -2.32. The summed E-state index contributed by atoms with van der Waals surface area (Å²) >= 11 is 0. The Hall–Kier alpha value is -7.63. The van der Waals surface area contributed by atoms with Gasteiger partial charge in [0.1, 0.15) is 5.41 Å². The van der Waals surface area contributed by atoms with Gasteiger partial charge >= 0.3 is 0 Å². The third-order valence-corrected chi connectivity index (χ3v) is 11.8. The average molecular weight is 728 g/mol. The lowest BCUT2D eigenvalue weighted by atomic mass is 9.71. The Labute approximate surface area is 328 Å². The summed E-state index contributed by atoms with van der Waals surface area (Å²) < 4.78 is 4.56. The molecule has 0 bridgehead atoms. The Balaban J connectivity index is 1.22. The molecule has 8 aromatic carbocycles. The maximum Gasteiger partial charge on any atom is 0.238 e. The summed E-state index contributed by atoms with van der Waals surface area (Å²) in [7, 11) is 0. The number of hydrogen-bond donors (Lipinski definition) is 0. The molecule has 1 aliphatic rings. The first-order chi connectivity index (χ1) is 28.3. The summed E-state index contributed by atoms with van der Waals surface area (Å²) in [4.78, 5) is 16.7. The minimum absolute atomic E-state index is 0.577. The highest BCUT2D eigenvalue weighted by Gasteiger charge is 2.49. The zero-order chi connectivity index (χ0) is 37.5. The van der Waals surface area contributed by atoms with Crippen LogP contribution in [0, 0.1) is 0 Å². The first-order valence-corrected chi connectivity index (χ1v) is 19.4. The van der Waals surface area contributed by atoms with E-state index in [9.17, 15) is 0 Å². The molecule has 12 rings (SSSR count). The standard InChI is InChI=1S/C52H33N5/c1-3-17-35(18-4-1)52(43-26-12-7-21-37(43)38-22-8-13-27-44(38)52)50-53-49(54-51(55-50)57-46-29-15-10-23-39(46)40-24-11-16-30-47(40)57)34-31-32-42-41-25-9-14-28-45(41)56(48(42)33-34)36-19-5-2-6-20-36/h1-33H. The summed E-state index contributed by atoms with van der Waals surface area (Å²) in [5.74, 6) is 1.87. The Morgan fingerprint density at radius 2 is 0.860 bits per heavy atom. The molecule has 0 aliphatic heterocycles. The van der Waals surface area contributed by atoms with E-state index in [1.165, 1.54) is 21.9 Å². The summed E-state index contributed by atoms with van der Waals surface area (Å²) in [5.41, 5.74) is 11.3. The highest BCUT2D eigenvalue weighted by Crippen LogP contribution is 2.55. The molecule has 11 aromatic rings. The van der Waals surface area contributed by atoms with E-state index in [0.29, 0.717) is 17.6 Å². The van der Waals surface area contributed by atoms with Crippen LogP contribution in [0.15, 0.2) is 200 Å². The van der Waals surface area contributed by atoms with E-state index in [4.69, 9.17) is 15.0 Å². The van der Waals surface area contributed by atoms with Crippen LogP contribution in [-0.2, 0) is 5.41 Å². The monoisotopic (exact) mass is 727 g/mol. The van der Waals surface area contributed by atoms with Crippen LogP contribution >= 0.6 is 0 Å². The van der Waals surface area contributed by atoms with Crippen LogP contribution in [0.4, 0.5) is 0 Å². The zero-order valence-electron chi connectivity index (χ0n) is 30.8. The van der Waals surface area contributed by atoms with Crippen molar-refractivity contribution in [2.75, 3.05) is 0 Å². The predicted molar refractivity (Wildman–Crippen MR) is 231 cm³/mol. The van der Waals surface area contributed by atoms with Crippen molar-refractivity contribution in [2.45, 2.75) is 5.41 Å². The van der Waals surface area contributed by atoms with Crippen molar-refractivity contribution in [3.63, 3.8) is 0 Å². The number of hydrogen-bond acceptors (Lipinski definition) is 3. The smallest absolute Gasteiger partial charge is 0.238 e. The van der Waals surface area contributed by atoms with Crippen LogP contribution < -0.4 is 0 Å². The normalized spacial score (nSPS) is 13.1. The van der Waals surface area contributed by atoms with Gasteiger partial charge in [-0.15, -0.1) is 0 Å². The highest BCUT2D eigenvalue weighted by molar-refractivity contribution is 6.10. The van der Waals surface area contributed by atoms with E-state index in [1.54, 1.807) is 0 Å². The lowest BCUT2D eigenvalue weighted by Crippen LogP contribution is -2.32. The fourth-order valence-corrected chi connectivity index (χ4v) is 9.47. The molecular weight excluding hydrogens is 695 g/mol. The molecule has 0 spiro atoms. The molecule has 3 aromatic heterocycles. The Kier molecular flexibility index (Phi) is 6.78. The summed E-state index contributed by atoms with van der Waals surface area (Å²) in [5, 5.41) is 4.68. The van der Waals surface area contributed by atoms with Gasteiger partial charge in [0.25, 0.3) is 0 Å². The number of fused-ring (bicyclic) bond motifs is 9. The van der Waals surface area contributed by atoms with E-state index < -0.39 is 5.41 Å². The van der Waals surface area contributed by atoms with Crippen molar-refractivity contribution in [2.24, 2.45) is 0 Å². The second kappa shape index (κ2) is 12.2. The molecule has 0 unspecified atom stereocenters. The fourth-order valence-electron chi connectivity index (χ4n) is 9.47. The van der Waals surface area contributed by atoms with Crippen LogP contribution in [0.1, 0.15) is 22.5 Å². The molecule has 1 aliphatic carbocycles. The fraction of sp³-hybridized carbons (Fsp3) is 0.0192. The minimum atomic E-state index is -0.817. The Morgan fingerprint density at radius 3 is 1.47 bits per heavy atom. The van der Waals surface area contributed by atoms with Gasteiger partial charge in [0.15, 0.2) is 11.6 Å². The van der Waals surface area contributed by atoms with E-state index in [2.05, 4.69) is 209 Å². The molecule has 266 valence electrons. The number of para-hydroxylation sites is 4. The summed E-state index contributed by atoms with van der Waals surface area (Å²) in [6.07, 6.45) is 0. The van der Waals surface area contributed by atoms with Crippen LogP contribution in [0.5, 0.6) is 0 Å². The molecule has 3 heterocycles. The van der Waals surface area contributed by atoms with Crippen LogP contribution in [-0.4, -0.2) is 24.1 Å². The summed E-state index contributed by atoms with van der Waals surface area (Å²) in [6.45, 7) is 0. The highest BCUT2D eigenvalue weighted by atomic mass is 15.2. The van der Waals surface area contributed by atoms with Crippen LogP contribution in [0.25, 0.3) is 77.8 Å². The second-order valence-electron chi connectivity index (χ2n) is 14.8. The van der Waals surface area contributed by atoms with Gasteiger partial charge in [0.05, 0.1) is 22.1 Å². The summed E-state index contributed by atoms with van der Waals surface area (Å²) in [6, 6.07) is 71.1. The van der Waals surface area contributed by atoms with Gasteiger partial charge in [-0.25, -0.2) is 4.98 Å². The number of rotatable bonds is 5. The predicted octanol–water partition coefficient (Wildman–Crippen LogP) is 12.1. The van der Waals surface area contributed by atoms with E-state index in [1.807, 2.05) is 0 Å². The van der Waals surface area contributed by atoms with Crippen molar-refractivity contribution in [1.82, 2.24) is 24.1 Å². The van der Waals surface area contributed by atoms with Crippen molar-refractivity contribution in [3.8, 4) is 34.2 Å². The van der Waals surface area contributed by atoms with Gasteiger partial charge in [-0.2, -0.15) is 9.97 Å². The van der Waals surface area contributed by atoms with Crippen LogP contribution in [0.3, 0.4) is 0 Å². The molecule has 0 atom stereocenters. The number of benzene rings is 8. The second-order valence-corrected chi connectivity index (χ2v) is 14.8. The van der Waals surface area contributed by atoms with Crippen molar-refractivity contribution < 1.29 is 0 Å². The molecular formula is C52H33N5. The number of aromatic nitrogens is 5. The van der Waals surface area contributed by atoms with Crippen molar-refractivity contribution in [1.29, 1.82) is 0 Å². The molecule has 0 radical (unpaired) electrons. The van der Waals surface area contributed by atoms with Crippen LogP contribution in [0.2, 0.25) is 0 Å². The molecule has 0 amide bonds. The Bertz CT molecular complexity index is 3260. The molecule has 57 heavy (non-hydrogen) atoms. The largest absolute Gasteiger partial charge is 0.309 e. The first-order valence-electron chi connectivity index (χ1n) is 19.4. The van der Waals surface area contributed by atoms with E-state index in [0.717, 1.165) is 60.8 Å². The van der Waals surface area contributed by atoms with Gasteiger partial charge in [-0.3, -0.25) is 4.57 Å². The average Bonchev–Trinajstić information content (AvgIpc) is 3.91. The Morgan fingerprint density at radius 1 is 0.368 bits per heavy atom. The molecule has 0 fully saturated rings. The van der Waals surface area contributed by atoms with Gasteiger partial charge in [-0.05, 0) is 64.2 Å². The third kappa shape index (κ3) is 4.48. The maximum atomic E-state index is 5.63. The van der Waals surface area contributed by atoms with Crippen molar-refractivity contribution in [3.05, 3.63) is 223 Å². The van der Waals surface area contributed by atoms with E-state index in [-0.39, 0.29) is 0 Å². The lowest BCUT2D eigenvalue weighted by molar-refractivity contribution is 0.683. The first kappa shape index (κ1) is 31.7. The molecule has 0 saturated heterocycles. The SMILES string of the molecule is c1ccc(-n2c3ccccc3c3ccc(-c4nc(-n5c6ccccc6c6ccccc65)nc(C5(c6ccccc6)c6ccccc6-c6ccccc65)n4)cc32)cc1. The number of nitrogens with zero attached hydrogens (tertiary/aromatic N) is 5. The van der Waals surface area contributed by atoms with E-state index >= 15 is 0 Å². The topological polar surface area (TPSA) is 48.5 Å². The van der Waals surface area contributed by atoms with Crippen molar-refractivity contribution >= 4 is 43.6 Å². The minimum Gasteiger partial charge on any atom is -0.309 e. The molecule has 0 saturated carbocycles. The zero-order valence-corrected chi connectivity index (χ0v) is 30.8. The quantitative estimate of drug-likeness (QED) is 0.177. The van der Waals surface area contributed by atoms with Gasteiger partial charge in [-0.1, -0.05) is 164 Å². The molecule has 5 nitrogen and oxygen atoms in total. The van der Waals surface area contributed by atoms with Gasteiger partial charge < -0.3 is 4.57 Å². The molecule has 0 N–H and O–H groups in total.